The number of rotatable bonds is 11. The van der Waals surface area contributed by atoms with Crippen molar-refractivity contribution in [2.24, 2.45) is 0 Å². The molecular formula is C47H39N5O2. The maximum atomic E-state index is 12.8. The lowest BCUT2D eigenvalue weighted by Gasteiger charge is -2.34. The van der Waals surface area contributed by atoms with E-state index in [9.17, 15) is 9.90 Å². The quantitative estimate of drug-likeness (QED) is 0.135. The van der Waals surface area contributed by atoms with Crippen LogP contribution in [0.25, 0.3) is 33.4 Å². The molecule has 0 aliphatic rings. The molecule has 7 heteroatoms. The molecule has 0 fully saturated rings. The van der Waals surface area contributed by atoms with E-state index in [0.29, 0.717) is 29.6 Å². The van der Waals surface area contributed by atoms with Gasteiger partial charge < -0.3 is 5.11 Å². The number of carboxylic acids is 1. The number of aromatic nitrogens is 5. The van der Waals surface area contributed by atoms with Crippen LogP contribution >= 0.6 is 0 Å². The van der Waals surface area contributed by atoms with Gasteiger partial charge in [-0.1, -0.05) is 165 Å². The Kier molecular flexibility index (Phi) is 9.36. The fraction of sp³-hybridized carbons (Fsp3) is 0.128. The van der Waals surface area contributed by atoms with Gasteiger partial charge in [-0.05, 0) is 69.6 Å². The lowest BCUT2D eigenvalue weighted by molar-refractivity contribution is 0.0697. The van der Waals surface area contributed by atoms with E-state index in [-0.39, 0.29) is 0 Å². The second-order valence-electron chi connectivity index (χ2n) is 13.6. The molecular weight excluding hydrogens is 667 g/mol. The number of fused-ring (bicyclic) bond motifs is 1. The summed E-state index contributed by atoms with van der Waals surface area (Å²) in [6.45, 7) is 4.07. The van der Waals surface area contributed by atoms with Gasteiger partial charge >= 0.3 is 5.97 Å². The minimum Gasteiger partial charge on any atom is -0.478 e. The maximum Gasteiger partial charge on any atom is 0.336 e. The molecule has 0 radical (unpaired) electrons. The van der Waals surface area contributed by atoms with Crippen LogP contribution in [0.5, 0.6) is 0 Å². The Morgan fingerprint density at radius 2 is 1.28 bits per heavy atom. The second kappa shape index (κ2) is 14.7. The Balaban J connectivity index is 1.19. The molecule has 2 aromatic heterocycles. The monoisotopic (exact) mass is 705 g/mol. The van der Waals surface area contributed by atoms with E-state index in [0.717, 1.165) is 67.7 Å². The van der Waals surface area contributed by atoms with Crippen molar-refractivity contribution in [3.8, 4) is 22.5 Å². The van der Waals surface area contributed by atoms with Crippen molar-refractivity contribution in [3.63, 3.8) is 0 Å². The summed E-state index contributed by atoms with van der Waals surface area (Å²) in [4.78, 5) is 19.5. The third-order valence-electron chi connectivity index (χ3n) is 10.1. The Hall–Kier alpha value is -6.73. The molecule has 0 atom stereocenters. The smallest absolute Gasteiger partial charge is 0.336 e. The number of hydrogen-bond acceptors (Lipinski definition) is 5. The van der Waals surface area contributed by atoms with Crippen LogP contribution in [0.1, 0.15) is 62.8 Å². The van der Waals surface area contributed by atoms with Gasteiger partial charge in [0.15, 0.2) is 5.54 Å². The van der Waals surface area contributed by atoms with E-state index < -0.39 is 11.5 Å². The first-order chi connectivity index (χ1) is 26.5. The molecule has 8 aromatic rings. The van der Waals surface area contributed by atoms with E-state index in [1.165, 1.54) is 0 Å². The largest absolute Gasteiger partial charge is 0.478 e. The predicted molar refractivity (Wildman–Crippen MR) is 214 cm³/mol. The van der Waals surface area contributed by atoms with Crippen molar-refractivity contribution in [2.45, 2.75) is 38.6 Å². The summed E-state index contributed by atoms with van der Waals surface area (Å²) in [6, 6.07) is 53.2. The molecule has 0 aliphatic heterocycles. The summed E-state index contributed by atoms with van der Waals surface area (Å²) in [5.41, 5.74) is 9.66. The van der Waals surface area contributed by atoms with Crippen LogP contribution in [-0.2, 0) is 18.4 Å². The van der Waals surface area contributed by atoms with Crippen molar-refractivity contribution in [3.05, 3.63) is 202 Å². The molecule has 0 amide bonds. The van der Waals surface area contributed by atoms with Crippen LogP contribution in [-0.4, -0.2) is 36.3 Å². The van der Waals surface area contributed by atoms with E-state index in [1.54, 1.807) is 4.80 Å². The molecule has 2 heterocycles. The molecule has 0 unspecified atom stereocenters. The Morgan fingerprint density at radius 1 is 0.704 bits per heavy atom. The van der Waals surface area contributed by atoms with Gasteiger partial charge in [0.25, 0.3) is 0 Å². The van der Waals surface area contributed by atoms with Crippen molar-refractivity contribution in [1.29, 1.82) is 0 Å². The highest BCUT2D eigenvalue weighted by molar-refractivity contribution is 6.04. The molecule has 7 nitrogen and oxygen atoms in total. The Morgan fingerprint density at radius 3 is 1.85 bits per heavy atom. The first-order valence-corrected chi connectivity index (χ1v) is 18.3. The average Bonchev–Trinajstić information content (AvgIpc) is 3.70. The van der Waals surface area contributed by atoms with Crippen LogP contribution in [0.15, 0.2) is 158 Å². The van der Waals surface area contributed by atoms with Crippen LogP contribution in [0.4, 0.5) is 0 Å². The SMILES string of the molecule is CCCc1nc2ccc(C)cc2c(C(=O)O)c1Cc1ccc(-c2ccccc2-c2nnn(C(c3ccccc3)(c3ccccc3)c3ccccc3)n2)cc1. The number of aryl methyl sites for hydroxylation is 2. The third-order valence-corrected chi connectivity index (χ3v) is 10.1. The summed E-state index contributed by atoms with van der Waals surface area (Å²) in [7, 11) is 0. The van der Waals surface area contributed by atoms with Gasteiger partial charge in [0.1, 0.15) is 0 Å². The minimum atomic E-state index is -0.928. The highest BCUT2D eigenvalue weighted by Gasteiger charge is 2.41. The van der Waals surface area contributed by atoms with Gasteiger partial charge in [-0.2, -0.15) is 0 Å². The fourth-order valence-corrected chi connectivity index (χ4v) is 7.63. The molecule has 264 valence electrons. The number of benzene rings is 6. The summed E-state index contributed by atoms with van der Waals surface area (Å²) in [5, 5.41) is 25.8. The van der Waals surface area contributed by atoms with Gasteiger partial charge in [-0.3, -0.25) is 4.98 Å². The van der Waals surface area contributed by atoms with Gasteiger partial charge in [0.2, 0.25) is 5.82 Å². The Bertz CT molecular complexity index is 2470. The van der Waals surface area contributed by atoms with E-state index >= 15 is 0 Å². The van der Waals surface area contributed by atoms with Gasteiger partial charge in [0.05, 0.1) is 11.1 Å². The van der Waals surface area contributed by atoms with E-state index in [1.807, 2.05) is 97.9 Å². The summed E-state index contributed by atoms with van der Waals surface area (Å²) in [6.07, 6.45) is 2.04. The molecule has 6 aromatic carbocycles. The second-order valence-corrected chi connectivity index (χ2v) is 13.6. The van der Waals surface area contributed by atoms with Gasteiger partial charge in [-0.25, -0.2) is 4.79 Å². The molecule has 0 saturated carbocycles. The maximum absolute atomic E-state index is 12.8. The summed E-state index contributed by atoms with van der Waals surface area (Å²) >= 11 is 0. The van der Waals surface area contributed by atoms with Crippen molar-refractivity contribution >= 4 is 16.9 Å². The molecule has 54 heavy (non-hydrogen) atoms. The fourth-order valence-electron chi connectivity index (χ4n) is 7.63. The highest BCUT2D eigenvalue weighted by atomic mass is 16.4. The zero-order chi connectivity index (χ0) is 37.1. The predicted octanol–water partition coefficient (Wildman–Crippen LogP) is 9.95. The van der Waals surface area contributed by atoms with Crippen molar-refractivity contribution in [2.75, 3.05) is 0 Å². The number of nitrogens with zero attached hydrogens (tertiary/aromatic N) is 5. The zero-order valence-corrected chi connectivity index (χ0v) is 30.2. The summed E-state index contributed by atoms with van der Waals surface area (Å²) in [5.74, 6) is -0.419. The number of tetrazole rings is 1. The number of hydrogen-bond donors (Lipinski definition) is 1. The highest BCUT2D eigenvalue weighted by Crippen LogP contribution is 2.40. The molecule has 0 saturated heterocycles. The van der Waals surface area contributed by atoms with Crippen molar-refractivity contribution < 1.29 is 9.90 Å². The van der Waals surface area contributed by atoms with Crippen LogP contribution < -0.4 is 0 Å². The first kappa shape index (κ1) is 34.4. The normalized spacial score (nSPS) is 11.5. The summed E-state index contributed by atoms with van der Waals surface area (Å²) < 4.78 is 0. The molecule has 1 N–H and O–H groups in total. The zero-order valence-electron chi connectivity index (χ0n) is 30.2. The number of carboxylic acid groups (broad SMARTS) is 1. The molecule has 0 bridgehead atoms. The first-order valence-electron chi connectivity index (χ1n) is 18.3. The average molecular weight is 706 g/mol. The minimum absolute atomic E-state index is 0.341. The van der Waals surface area contributed by atoms with Crippen LogP contribution in [0.2, 0.25) is 0 Å². The number of aromatic carboxylic acids is 1. The topological polar surface area (TPSA) is 93.8 Å². The standard InChI is InChI=1S/C47H39N5O2/c1-3-15-42-41(44(46(53)54)40-30-32(2)24-29-43(40)48-42)31-33-25-27-34(28-26-33)38-22-13-14-23-39(38)45-49-51-52(50-45)47(35-16-7-4-8-17-35,36-18-9-5-10-19-36)37-20-11-6-12-21-37/h4-14,16-30H,3,15,31H2,1-2H3,(H,53,54). The van der Waals surface area contributed by atoms with E-state index in [4.69, 9.17) is 20.4 Å². The number of pyridine rings is 1. The Labute approximate surface area is 314 Å². The van der Waals surface area contributed by atoms with Gasteiger partial charge in [0, 0.05) is 23.1 Å². The van der Waals surface area contributed by atoms with E-state index in [2.05, 4.69) is 73.7 Å². The van der Waals surface area contributed by atoms with Crippen LogP contribution in [0.3, 0.4) is 0 Å². The molecule has 8 rings (SSSR count). The van der Waals surface area contributed by atoms with Gasteiger partial charge in [-0.15, -0.1) is 15.0 Å². The number of carbonyl (C=O) groups is 1. The van der Waals surface area contributed by atoms with Crippen molar-refractivity contribution in [1.82, 2.24) is 25.2 Å². The lowest BCUT2D eigenvalue weighted by Crippen LogP contribution is -2.39. The third kappa shape index (κ3) is 6.24. The van der Waals surface area contributed by atoms with Crippen LogP contribution in [0, 0.1) is 6.92 Å². The molecule has 0 aliphatic carbocycles. The lowest BCUT2D eigenvalue weighted by atomic mass is 9.77. The molecule has 0 spiro atoms.